The zero-order valence-corrected chi connectivity index (χ0v) is 14.4. The molecule has 0 saturated carbocycles. The van der Waals surface area contributed by atoms with Crippen molar-refractivity contribution in [2.75, 3.05) is 0 Å². The normalized spacial score (nSPS) is 11.0. The van der Waals surface area contributed by atoms with Gasteiger partial charge in [-0.1, -0.05) is 31.2 Å². The Hall–Kier alpha value is -3.81. The van der Waals surface area contributed by atoms with Gasteiger partial charge in [0.2, 0.25) is 0 Å². The van der Waals surface area contributed by atoms with Crippen LogP contribution in [0.3, 0.4) is 0 Å². The van der Waals surface area contributed by atoms with Crippen LogP contribution in [0.15, 0.2) is 47.5 Å². The van der Waals surface area contributed by atoms with Gasteiger partial charge >= 0.3 is 0 Å². The molecule has 0 unspecified atom stereocenters. The number of benzene rings is 2. The average Bonchev–Trinajstić information content (AvgIpc) is 3.32. The highest BCUT2D eigenvalue weighted by Crippen LogP contribution is 2.39. The molecule has 0 fully saturated rings. The Bertz CT molecular complexity index is 1160. The molecule has 2 aromatic carbocycles. The number of aromatic hydroxyl groups is 2. The lowest BCUT2D eigenvalue weighted by Crippen LogP contribution is -2.03. The maximum absolute atomic E-state index is 12.6. The van der Waals surface area contributed by atoms with Crippen LogP contribution in [0.2, 0.25) is 0 Å². The van der Waals surface area contributed by atoms with Gasteiger partial charge in [0.1, 0.15) is 17.8 Å². The number of hydrogen-bond acceptors (Lipinski definition) is 5. The summed E-state index contributed by atoms with van der Waals surface area (Å²) in [7, 11) is 0. The van der Waals surface area contributed by atoms with Crippen LogP contribution in [0, 0.1) is 0 Å². The third-order valence-corrected chi connectivity index (χ3v) is 4.49. The summed E-state index contributed by atoms with van der Waals surface area (Å²) in [6, 6.07) is 10.3. The molecule has 4 rings (SSSR count). The lowest BCUT2D eigenvalue weighted by atomic mass is 9.95. The molecular weight excluding hydrogens is 346 g/mol. The third kappa shape index (κ3) is 2.77. The van der Waals surface area contributed by atoms with Gasteiger partial charge in [0.15, 0.2) is 5.82 Å². The number of aryl methyl sites for hydroxylation is 1. The van der Waals surface area contributed by atoms with Gasteiger partial charge in [0.25, 0.3) is 5.56 Å². The summed E-state index contributed by atoms with van der Waals surface area (Å²) >= 11 is 0. The lowest BCUT2D eigenvalue weighted by Gasteiger charge is -2.11. The largest absolute Gasteiger partial charge is 0.508 e. The van der Waals surface area contributed by atoms with E-state index in [1.807, 2.05) is 25.1 Å². The van der Waals surface area contributed by atoms with Crippen LogP contribution >= 0.6 is 0 Å². The summed E-state index contributed by atoms with van der Waals surface area (Å²) < 4.78 is 0. The fourth-order valence-corrected chi connectivity index (χ4v) is 3.17. The maximum atomic E-state index is 12.6. The van der Waals surface area contributed by atoms with E-state index < -0.39 is 0 Å². The molecule has 0 spiro atoms. The van der Waals surface area contributed by atoms with Gasteiger partial charge in [-0.25, -0.2) is 4.98 Å². The van der Waals surface area contributed by atoms with Gasteiger partial charge in [-0.2, -0.15) is 5.10 Å². The highest BCUT2D eigenvalue weighted by molar-refractivity contribution is 5.89. The lowest BCUT2D eigenvalue weighted by molar-refractivity contribution is 0.447. The van der Waals surface area contributed by atoms with Gasteiger partial charge in [0, 0.05) is 22.8 Å². The minimum atomic E-state index is -0.331. The molecule has 0 bridgehead atoms. The van der Waals surface area contributed by atoms with Crippen LogP contribution in [0.1, 0.15) is 12.5 Å². The van der Waals surface area contributed by atoms with Crippen molar-refractivity contribution in [3.05, 3.63) is 58.6 Å². The highest BCUT2D eigenvalue weighted by Gasteiger charge is 2.21. The summed E-state index contributed by atoms with van der Waals surface area (Å²) in [5.74, 6) is 0.417. The Morgan fingerprint density at radius 3 is 2.48 bits per heavy atom. The molecule has 0 atom stereocenters. The first-order chi connectivity index (χ1) is 13.1. The number of nitrogens with zero attached hydrogens (tertiary/aromatic N) is 2. The number of aromatic amines is 3. The molecule has 0 radical (unpaired) electrons. The quantitative estimate of drug-likeness (QED) is 0.380. The van der Waals surface area contributed by atoms with E-state index in [1.165, 1.54) is 12.4 Å². The average molecular weight is 363 g/mol. The molecule has 2 aromatic heterocycles. The smallest absolute Gasteiger partial charge is 0.272 e. The van der Waals surface area contributed by atoms with Gasteiger partial charge in [0.05, 0.1) is 11.3 Å². The number of aromatic nitrogens is 5. The van der Waals surface area contributed by atoms with E-state index in [1.54, 1.807) is 12.1 Å². The number of nitrogens with one attached hydrogen (secondary N) is 3. The van der Waals surface area contributed by atoms with Gasteiger partial charge in [-0.05, 0) is 18.1 Å². The second-order valence-electron chi connectivity index (χ2n) is 6.06. The second-order valence-corrected chi connectivity index (χ2v) is 6.06. The zero-order chi connectivity index (χ0) is 19.0. The van der Waals surface area contributed by atoms with Crippen LogP contribution < -0.4 is 5.56 Å². The first-order valence-electron chi connectivity index (χ1n) is 8.41. The molecule has 136 valence electrons. The summed E-state index contributed by atoms with van der Waals surface area (Å²) in [6.07, 6.45) is 1.98. The van der Waals surface area contributed by atoms with Crippen molar-refractivity contribution in [3.63, 3.8) is 0 Å². The number of rotatable bonds is 4. The Morgan fingerprint density at radius 2 is 1.78 bits per heavy atom. The van der Waals surface area contributed by atoms with Crippen molar-refractivity contribution in [1.29, 1.82) is 0 Å². The Labute approximate surface area is 153 Å². The third-order valence-electron chi connectivity index (χ3n) is 4.49. The van der Waals surface area contributed by atoms with Crippen molar-refractivity contribution >= 4 is 0 Å². The van der Waals surface area contributed by atoms with Crippen molar-refractivity contribution in [2.24, 2.45) is 0 Å². The van der Waals surface area contributed by atoms with Crippen molar-refractivity contribution < 1.29 is 10.2 Å². The van der Waals surface area contributed by atoms with Crippen LogP contribution in [0.4, 0.5) is 0 Å². The first kappa shape index (κ1) is 16.6. The van der Waals surface area contributed by atoms with E-state index >= 15 is 0 Å². The van der Waals surface area contributed by atoms with E-state index in [0.29, 0.717) is 45.8 Å². The maximum Gasteiger partial charge on any atom is 0.272 e. The van der Waals surface area contributed by atoms with E-state index in [-0.39, 0.29) is 17.1 Å². The number of phenolic OH excluding ortho intramolecular Hbond substituents is 2. The molecule has 0 aliphatic heterocycles. The molecular formula is C19H17N5O3. The Balaban J connectivity index is 1.98. The van der Waals surface area contributed by atoms with E-state index in [4.69, 9.17) is 0 Å². The second kappa shape index (κ2) is 6.49. The molecule has 5 N–H and O–H groups in total. The Kier molecular flexibility index (Phi) is 4.00. The van der Waals surface area contributed by atoms with Gasteiger partial charge in [-0.3, -0.25) is 20.1 Å². The molecule has 0 aliphatic rings. The number of hydrogen-bond donors (Lipinski definition) is 5. The standard InChI is InChI=1S/C19H17N5O3/c1-2-10-7-13(15(26)8-14(10)25)17-16(19(27)24-22-17)11-5-3-4-6-12(11)18-20-9-21-23-18/h3-9,25-26H,2H2,1H3,(H,20,21,23)(H2,22,24,27). The summed E-state index contributed by atoms with van der Waals surface area (Å²) in [5, 5.41) is 32.5. The van der Waals surface area contributed by atoms with Crippen LogP contribution in [-0.4, -0.2) is 35.6 Å². The predicted molar refractivity (Wildman–Crippen MR) is 100 cm³/mol. The van der Waals surface area contributed by atoms with Crippen LogP contribution in [0.5, 0.6) is 11.5 Å². The van der Waals surface area contributed by atoms with E-state index in [2.05, 4.69) is 25.4 Å². The minimum Gasteiger partial charge on any atom is -0.508 e. The SMILES string of the molecule is CCc1cc(-c2[nH][nH]c(=O)c2-c2ccccc2-c2ncn[nH]2)c(O)cc1O. The van der Waals surface area contributed by atoms with Crippen LogP contribution in [0.25, 0.3) is 33.8 Å². The molecule has 8 heteroatoms. The molecule has 8 nitrogen and oxygen atoms in total. The van der Waals surface area contributed by atoms with Crippen molar-refractivity contribution in [3.8, 4) is 45.3 Å². The van der Waals surface area contributed by atoms with Gasteiger partial charge in [-0.15, -0.1) is 0 Å². The molecule has 0 aliphatic carbocycles. The van der Waals surface area contributed by atoms with Crippen molar-refractivity contribution in [2.45, 2.75) is 13.3 Å². The molecule has 2 heterocycles. The summed E-state index contributed by atoms with van der Waals surface area (Å²) in [4.78, 5) is 16.8. The van der Waals surface area contributed by atoms with E-state index in [9.17, 15) is 15.0 Å². The Morgan fingerprint density at radius 1 is 1.00 bits per heavy atom. The first-order valence-corrected chi connectivity index (χ1v) is 8.41. The van der Waals surface area contributed by atoms with Gasteiger partial charge < -0.3 is 10.2 Å². The van der Waals surface area contributed by atoms with E-state index in [0.717, 1.165) is 0 Å². The summed E-state index contributed by atoms with van der Waals surface area (Å²) in [5.41, 5.74) is 2.89. The van der Waals surface area contributed by atoms with Crippen LogP contribution in [-0.2, 0) is 6.42 Å². The fraction of sp³-hybridized carbons (Fsp3) is 0.105. The molecule has 0 saturated heterocycles. The molecule has 4 aromatic rings. The number of phenols is 2. The minimum absolute atomic E-state index is 0.0141. The topological polar surface area (TPSA) is 131 Å². The zero-order valence-electron chi connectivity index (χ0n) is 14.4. The molecule has 0 amide bonds. The predicted octanol–water partition coefficient (Wildman–Crippen LogP) is 2.80. The monoisotopic (exact) mass is 363 g/mol. The molecule has 27 heavy (non-hydrogen) atoms. The van der Waals surface area contributed by atoms with Crippen molar-refractivity contribution in [1.82, 2.24) is 25.4 Å². The number of H-pyrrole nitrogens is 3. The fourth-order valence-electron chi connectivity index (χ4n) is 3.17. The summed E-state index contributed by atoms with van der Waals surface area (Å²) in [6.45, 7) is 1.90. The highest BCUT2D eigenvalue weighted by atomic mass is 16.3.